The van der Waals surface area contributed by atoms with Crippen LogP contribution in [0.1, 0.15) is 78.0 Å². The quantitative estimate of drug-likeness (QED) is 0.928. The van der Waals surface area contributed by atoms with Gasteiger partial charge in [0, 0.05) is 24.0 Å². The number of amides is 1. The van der Waals surface area contributed by atoms with Crippen LogP contribution in [0.25, 0.3) is 0 Å². The number of aromatic amines is 1. The molecule has 1 atom stereocenters. The normalized spacial score (nSPS) is 22.6. The number of carbonyl (C=O) groups excluding carboxylic acids is 1. The van der Waals surface area contributed by atoms with Crippen LogP contribution in [0.5, 0.6) is 0 Å². The number of hydrogen-bond donors (Lipinski definition) is 1. The van der Waals surface area contributed by atoms with Gasteiger partial charge in [0.1, 0.15) is 5.01 Å². The summed E-state index contributed by atoms with van der Waals surface area (Å²) in [5.74, 6) is 0.586. The summed E-state index contributed by atoms with van der Waals surface area (Å²) in [6.07, 6.45) is 11.8. The second-order valence-electron chi connectivity index (χ2n) is 6.56. The Balaban J connectivity index is 1.58. The number of thiazole rings is 1. The van der Waals surface area contributed by atoms with Crippen molar-refractivity contribution in [3.05, 3.63) is 34.0 Å². The maximum absolute atomic E-state index is 13.1. The number of hydrogen-bond acceptors (Lipinski definition) is 4. The van der Waals surface area contributed by atoms with Crippen LogP contribution in [0.15, 0.2) is 17.8 Å². The number of carbonyl (C=O) groups is 1. The average molecular weight is 330 g/mol. The lowest BCUT2D eigenvalue weighted by Gasteiger charge is -2.25. The fourth-order valence-electron chi connectivity index (χ4n) is 3.99. The van der Waals surface area contributed by atoms with E-state index in [-0.39, 0.29) is 11.9 Å². The van der Waals surface area contributed by atoms with Gasteiger partial charge in [0.2, 0.25) is 0 Å². The largest absolute Gasteiger partial charge is 0.329 e. The molecule has 2 aliphatic rings. The minimum atomic E-state index is 0.122. The Hall–Kier alpha value is -1.69. The molecule has 1 aliphatic carbocycles. The lowest BCUT2D eigenvalue weighted by atomic mass is 9.85. The fourth-order valence-corrected chi connectivity index (χ4v) is 4.77. The summed E-state index contributed by atoms with van der Waals surface area (Å²) in [6, 6.07) is 0.136. The molecule has 2 aromatic rings. The molecule has 23 heavy (non-hydrogen) atoms. The lowest BCUT2D eigenvalue weighted by molar-refractivity contribution is 0.0733. The summed E-state index contributed by atoms with van der Waals surface area (Å²) in [5.41, 5.74) is 1.83. The standard InChI is InChI=1S/C17H22N4OS/c22-17(21-9-4-7-14(21)16-18-8-10-23-16)13-11-19-20-15(13)12-5-2-1-3-6-12/h8,10-12,14H,1-7,9H2,(H,19,20)/t14-/m0/s1. The molecule has 2 aromatic heterocycles. The number of nitrogens with zero attached hydrogens (tertiary/aromatic N) is 3. The van der Waals surface area contributed by atoms with Gasteiger partial charge in [-0.1, -0.05) is 19.3 Å². The Morgan fingerprint density at radius 1 is 1.22 bits per heavy atom. The summed E-state index contributed by atoms with van der Waals surface area (Å²) in [5, 5.41) is 10.4. The van der Waals surface area contributed by atoms with Gasteiger partial charge in [-0.3, -0.25) is 9.89 Å². The van der Waals surface area contributed by atoms with Gasteiger partial charge in [0.15, 0.2) is 0 Å². The Labute approximate surface area is 140 Å². The summed E-state index contributed by atoms with van der Waals surface area (Å²) in [4.78, 5) is 19.5. The van der Waals surface area contributed by atoms with Crippen LogP contribution in [-0.4, -0.2) is 32.5 Å². The van der Waals surface area contributed by atoms with E-state index in [1.54, 1.807) is 17.5 Å². The van der Waals surface area contributed by atoms with Crippen molar-refractivity contribution in [1.29, 1.82) is 0 Å². The van der Waals surface area contributed by atoms with Crippen molar-refractivity contribution >= 4 is 17.2 Å². The number of H-pyrrole nitrogens is 1. The Kier molecular flexibility index (Phi) is 4.16. The van der Waals surface area contributed by atoms with Crippen molar-refractivity contribution in [3.63, 3.8) is 0 Å². The van der Waals surface area contributed by atoms with Crippen molar-refractivity contribution < 1.29 is 4.79 Å². The van der Waals surface area contributed by atoms with Crippen LogP contribution in [0.2, 0.25) is 0 Å². The van der Waals surface area contributed by atoms with E-state index in [4.69, 9.17) is 0 Å². The first-order chi connectivity index (χ1) is 11.3. The highest BCUT2D eigenvalue weighted by atomic mass is 32.1. The number of likely N-dealkylation sites (tertiary alicyclic amines) is 1. The second-order valence-corrected chi connectivity index (χ2v) is 7.49. The first-order valence-corrected chi connectivity index (χ1v) is 9.46. The van der Waals surface area contributed by atoms with Crippen LogP contribution in [0.4, 0.5) is 0 Å². The summed E-state index contributed by atoms with van der Waals surface area (Å²) < 4.78 is 0. The molecule has 0 spiro atoms. The molecular weight excluding hydrogens is 308 g/mol. The maximum Gasteiger partial charge on any atom is 0.257 e. The highest BCUT2D eigenvalue weighted by molar-refractivity contribution is 7.09. The number of aromatic nitrogens is 3. The van der Waals surface area contributed by atoms with Crippen molar-refractivity contribution in [2.45, 2.75) is 56.9 Å². The molecule has 0 bridgehead atoms. The minimum Gasteiger partial charge on any atom is -0.329 e. The molecular formula is C17H22N4OS. The molecule has 1 amide bonds. The number of rotatable bonds is 3. The zero-order chi connectivity index (χ0) is 15.6. The molecule has 1 aliphatic heterocycles. The predicted molar refractivity (Wildman–Crippen MR) is 89.5 cm³/mol. The molecule has 3 heterocycles. The molecule has 122 valence electrons. The minimum absolute atomic E-state index is 0.122. The van der Waals surface area contributed by atoms with Crippen LogP contribution in [0, 0.1) is 0 Å². The molecule has 4 rings (SSSR count). The highest BCUT2D eigenvalue weighted by Crippen LogP contribution is 2.37. The van der Waals surface area contributed by atoms with Crippen LogP contribution >= 0.6 is 11.3 Å². The van der Waals surface area contributed by atoms with Crippen LogP contribution < -0.4 is 0 Å². The molecule has 2 fully saturated rings. The highest BCUT2D eigenvalue weighted by Gasteiger charge is 2.34. The van der Waals surface area contributed by atoms with Gasteiger partial charge in [0.25, 0.3) is 5.91 Å². The van der Waals surface area contributed by atoms with Crippen LogP contribution in [0.3, 0.4) is 0 Å². The van der Waals surface area contributed by atoms with Crippen molar-refractivity contribution in [2.24, 2.45) is 0 Å². The summed E-state index contributed by atoms with van der Waals surface area (Å²) in [6.45, 7) is 0.818. The van der Waals surface area contributed by atoms with E-state index in [2.05, 4.69) is 15.2 Å². The molecule has 1 saturated heterocycles. The van der Waals surface area contributed by atoms with E-state index in [9.17, 15) is 4.79 Å². The van der Waals surface area contributed by atoms with Crippen molar-refractivity contribution in [2.75, 3.05) is 6.54 Å². The maximum atomic E-state index is 13.1. The van der Waals surface area contributed by atoms with E-state index in [0.717, 1.165) is 35.7 Å². The van der Waals surface area contributed by atoms with Gasteiger partial charge in [-0.25, -0.2) is 4.98 Å². The number of nitrogens with one attached hydrogen (secondary N) is 1. The third-order valence-electron chi connectivity index (χ3n) is 5.16. The second kappa shape index (κ2) is 6.43. The predicted octanol–water partition coefficient (Wildman–Crippen LogP) is 3.89. The molecule has 0 radical (unpaired) electrons. The van der Waals surface area contributed by atoms with E-state index >= 15 is 0 Å². The van der Waals surface area contributed by atoms with Gasteiger partial charge in [-0.05, 0) is 25.7 Å². The van der Waals surface area contributed by atoms with Crippen molar-refractivity contribution in [1.82, 2.24) is 20.1 Å². The molecule has 6 heteroatoms. The summed E-state index contributed by atoms with van der Waals surface area (Å²) in [7, 11) is 0. The first-order valence-electron chi connectivity index (χ1n) is 8.58. The van der Waals surface area contributed by atoms with Gasteiger partial charge in [-0.2, -0.15) is 5.10 Å². The van der Waals surface area contributed by atoms with E-state index < -0.39 is 0 Å². The van der Waals surface area contributed by atoms with Crippen molar-refractivity contribution in [3.8, 4) is 0 Å². The smallest absolute Gasteiger partial charge is 0.257 e. The van der Waals surface area contributed by atoms with E-state index in [1.165, 1.54) is 32.1 Å². The third kappa shape index (κ3) is 2.80. The van der Waals surface area contributed by atoms with Gasteiger partial charge < -0.3 is 4.90 Å². The topological polar surface area (TPSA) is 61.9 Å². The molecule has 5 nitrogen and oxygen atoms in total. The fraction of sp³-hybridized carbons (Fsp3) is 0.588. The zero-order valence-electron chi connectivity index (χ0n) is 13.2. The average Bonchev–Trinajstić information content (AvgIpc) is 3.34. The monoisotopic (exact) mass is 330 g/mol. The summed E-state index contributed by atoms with van der Waals surface area (Å²) >= 11 is 1.64. The molecule has 1 N–H and O–H groups in total. The SMILES string of the molecule is O=C(c1cn[nH]c1C1CCCCC1)N1CCC[C@H]1c1nccs1. The Morgan fingerprint density at radius 3 is 2.87 bits per heavy atom. The van der Waals surface area contributed by atoms with Gasteiger partial charge >= 0.3 is 0 Å². The van der Waals surface area contributed by atoms with E-state index in [1.807, 2.05) is 16.5 Å². The molecule has 0 unspecified atom stereocenters. The lowest BCUT2D eigenvalue weighted by Crippen LogP contribution is -2.31. The third-order valence-corrected chi connectivity index (χ3v) is 6.04. The Bertz CT molecular complexity index is 660. The first kappa shape index (κ1) is 14.9. The molecule has 1 saturated carbocycles. The molecule has 0 aromatic carbocycles. The van der Waals surface area contributed by atoms with Crippen LogP contribution in [-0.2, 0) is 0 Å². The van der Waals surface area contributed by atoms with Gasteiger partial charge in [0.05, 0.1) is 23.5 Å². The Morgan fingerprint density at radius 2 is 2.09 bits per heavy atom. The van der Waals surface area contributed by atoms with E-state index in [0.29, 0.717) is 5.92 Å². The van der Waals surface area contributed by atoms with Gasteiger partial charge in [-0.15, -0.1) is 11.3 Å². The zero-order valence-corrected chi connectivity index (χ0v) is 14.0.